The molecular formula is C22H20FN3O2. The van der Waals surface area contributed by atoms with Crippen molar-refractivity contribution >= 4 is 16.9 Å². The molecule has 2 aromatic heterocycles. The van der Waals surface area contributed by atoms with E-state index in [2.05, 4.69) is 5.10 Å². The van der Waals surface area contributed by atoms with Gasteiger partial charge < -0.3 is 9.32 Å². The van der Waals surface area contributed by atoms with Gasteiger partial charge in [0.05, 0.1) is 11.8 Å². The van der Waals surface area contributed by atoms with Gasteiger partial charge in [-0.3, -0.25) is 4.79 Å². The van der Waals surface area contributed by atoms with Gasteiger partial charge in [-0.05, 0) is 18.2 Å². The second-order valence-electron chi connectivity index (χ2n) is 6.64. The number of carbonyl (C=O) groups excluding carboxylic acids is 1. The molecule has 0 N–H and O–H groups in total. The van der Waals surface area contributed by atoms with Gasteiger partial charge in [-0.25, -0.2) is 9.07 Å². The summed E-state index contributed by atoms with van der Waals surface area (Å²) in [5.74, 6) is 0.299. The zero-order chi connectivity index (χ0) is 19.7. The molecule has 0 bridgehead atoms. The van der Waals surface area contributed by atoms with Crippen molar-refractivity contribution in [2.75, 3.05) is 7.05 Å². The second-order valence-corrected chi connectivity index (χ2v) is 6.64. The molecule has 0 spiro atoms. The first-order chi connectivity index (χ1) is 13.6. The summed E-state index contributed by atoms with van der Waals surface area (Å²) in [6.07, 6.45) is 3.75. The number of hydrogen-bond donors (Lipinski definition) is 0. The molecule has 5 nitrogen and oxygen atoms in total. The number of benzene rings is 2. The van der Waals surface area contributed by atoms with Crippen molar-refractivity contribution < 1.29 is 13.6 Å². The van der Waals surface area contributed by atoms with Crippen LogP contribution in [0.15, 0.2) is 65.3 Å². The molecular weight excluding hydrogens is 357 g/mol. The number of fused-ring (bicyclic) bond motifs is 1. The van der Waals surface area contributed by atoms with Gasteiger partial charge in [-0.1, -0.05) is 37.3 Å². The van der Waals surface area contributed by atoms with Gasteiger partial charge in [-0.15, -0.1) is 0 Å². The Kier molecular flexibility index (Phi) is 4.69. The number of carbonyl (C=O) groups is 1. The Labute approximate surface area is 162 Å². The van der Waals surface area contributed by atoms with E-state index in [0.29, 0.717) is 17.8 Å². The fourth-order valence-corrected chi connectivity index (χ4v) is 3.34. The van der Waals surface area contributed by atoms with Gasteiger partial charge in [0.15, 0.2) is 0 Å². The summed E-state index contributed by atoms with van der Waals surface area (Å²) >= 11 is 0. The van der Waals surface area contributed by atoms with Crippen LogP contribution < -0.4 is 0 Å². The van der Waals surface area contributed by atoms with Crippen molar-refractivity contribution in [2.45, 2.75) is 19.9 Å². The highest BCUT2D eigenvalue weighted by Crippen LogP contribution is 2.27. The van der Waals surface area contributed by atoms with E-state index in [1.165, 1.54) is 16.9 Å². The maximum atomic E-state index is 14.0. The van der Waals surface area contributed by atoms with Gasteiger partial charge in [-0.2, -0.15) is 5.10 Å². The van der Waals surface area contributed by atoms with Crippen LogP contribution in [0.4, 0.5) is 4.39 Å². The molecule has 6 heteroatoms. The van der Waals surface area contributed by atoms with E-state index in [-0.39, 0.29) is 5.91 Å². The van der Waals surface area contributed by atoms with Crippen LogP contribution in [0.5, 0.6) is 0 Å². The first-order valence-corrected chi connectivity index (χ1v) is 9.12. The Morgan fingerprint density at radius 3 is 2.71 bits per heavy atom. The van der Waals surface area contributed by atoms with Crippen LogP contribution in [0.1, 0.15) is 28.6 Å². The maximum Gasteiger partial charge on any atom is 0.257 e. The van der Waals surface area contributed by atoms with E-state index in [4.69, 9.17) is 4.42 Å². The number of aryl methyl sites for hydroxylation is 1. The first kappa shape index (κ1) is 18.0. The van der Waals surface area contributed by atoms with E-state index >= 15 is 0 Å². The van der Waals surface area contributed by atoms with E-state index in [1.54, 1.807) is 36.3 Å². The highest BCUT2D eigenvalue weighted by molar-refractivity contribution is 5.94. The van der Waals surface area contributed by atoms with Gasteiger partial charge in [0.1, 0.15) is 22.8 Å². The Bertz CT molecular complexity index is 1150. The highest BCUT2D eigenvalue weighted by atomic mass is 19.1. The standard InChI is InChI=1S/C22H20FN3O2/c1-3-20-17(16-8-4-7-11-21(16)28-20)14-25(2)22(27)15-12-24-26(13-15)19-10-6-5-9-18(19)23/h4-13H,3,14H2,1-2H3. The summed E-state index contributed by atoms with van der Waals surface area (Å²) in [6, 6.07) is 14.1. The van der Waals surface area contributed by atoms with Gasteiger partial charge >= 0.3 is 0 Å². The van der Waals surface area contributed by atoms with Crippen LogP contribution >= 0.6 is 0 Å². The zero-order valence-electron chi connectivity index (χ0n) is 15.7. The van der Waals surface area contributed by atoms with Crippen molar-refractivity contribution in [3.05, 3.63) is 83.6 Å². The molecule has 28 heavy (non-hydrogen) atoms. The minimum Gasteiger partial charge on any atom is -0.461 e. The molecule has 0 aliphatic carbocycles. The average Bonchev–Trinajstić information content (AvgIpc) is 3.33. The number of aromatic nitrogens is 2. The molecule has 0 radical (unpaired) electrons. The van der Waals surface area contributed by atoms with Crippen molar-refractivity contribution in [1.82, 2.24) is 14.7 Å². The number of hydrogen-bond acceptors (Lipinski definition) is 3. The Morgan fingerprint density at radius 1 is 1.18 bits per heavy atom. The van der Waals surface area contributed by atoms with Crippen LogP contribution in [-0.4, -0.2) is 27.6 Å². The molecule has 2 aromatic carbocycles. The quantitative estimate of drug-likeness (QED) is 0.511. The topological polar surface area (TPSA) is 51.3 Å². The van der Waals surface area contributed by atoms with Crippen LogP contribution in [-0.2, 0) is 13.0 Å². The molecule has 0 atom stereocenters. The lowest BCUT2D eigenvalue weighted by Gasteiger charge is -2.16. The monoisotopic (exact) mass is 377 g/mol. The molecule has 4 aromatic rings. The van der Waals surface area contributed by atoms with Crippen LogP contribution in [0.25, 0.3) is 16.7 Å². The number of furan rings is 1. The van der Waals surface area contributed by atoms with Crippen molar-refractivity contribution in [2.24, 2.45) is 0 Å². The third kappa shape index (κ3) is 3.17. The summed E-state index contributed by atoms with van der Waals surface area (Å²) in [5, 5.41) is 5.16. The van der Waals surface area contributed by atoms with E-state index in [0.717, 1.165) is 28.7 Å². The fraction of sp³-hybridized carbons (Fsp3) is 0.182. The minimum absolute atomic E-state index is 0.185. The largest absolute Gasteiger partial charge is 0.461 e. The number of rotatable bonds is 5. The van der Waals surface area contributed by atoms with E-state index < -0.39 is 5.82 Å². The van der Waals surface area contributed by atoms with Crippen molar-refractivity contribution in [1.29, 1.82) is 0 Å². The molecule has 2 heterocycles. The summed E-state index contributed by atoms with van der Waals surface area (Å²) in [7, 11) is 1.74. The SMILES string of the molecule is CCc1oc2ccccc2c1CN(C)C(=O)c1cnn(-c2ccccc2F)c1. The molecule has 0 aliphatic heterocycles. The number of halogens is 1. The molecule has 0 aliphatic rings. The summed E-state index contributed by atoms with van der Waals surface area (Å²) in [5.41, 5.74) is 2.54. The Morgan fingerprint density at radius 2 is 1.93 bits per heavy atom. The van der Waals surface area contributed by atoms with Crippen molar-refractivity contribution in [3.63, 3.8) is 0 Å². The third-order valence-corrected chi connectivity index (χ3v) is 4.77. The molecule has 4 rings (SSSR count). The van der Waals surface area contributed by atoms with Crippen LogP contribution in [0.2, 0.25) is 0 Å². The summed E-state index contributed by atoms with van der Waals surface area (Å²) < 4.78 is 21.3. The molecule has 0 fully saturated rings. The minimum atomic E-state index is -0.393. The van der Waals surface area contributed by atoms with Crippen molar-refractivity contribution in [3.8, 4) is 5.69 Å². The number of amides is 1. The molecule has 0 saturated heterocycles. The van der Waals surface area contributed by atoms with Crippen LogP contribution in [0, 0.1) is 5.82 Å². The molecule has 1 amide bonds. The molecule has 142 valence electrons. The predicted molar refractivity (Wildman–Crippen MR) is 105 cm³/mol. The maximum absolute atomic E-state index is 14.0. The summed E-state index contributed by atoms with van der Waals surface area (Å²) in [6.45, 7) is 2.45. The van der Waals surface area contributed by atoms with Gasteiger partial charge in [0.25, 0.3) is 5.91 Å². The van der Waals surface area contributed by atoms with Gasteiger partial charge in [0.2, 0.25) is 0 Å². The Balaban J connectivity index is 1.59. The normalized spacial score (nSPS) is 11.1. The lowest BCUT2D eigenvalue weighted by atomic mass is 10.1. The smallest absolute Gasteiger partial charge is 0.257 e. The summed E-state index contributed by atoms with van der Waals surface area (Å²) in [4.78, 5) is 14.5. The van der Waals surface area contributed by atoms with Gasteiger partial charge in [0, 0.05) is 37.2 Å². The third-order valence-electron chi connectivity index (χ3n) is 4.77. The Hall–Kier alpha value is -3.41. The second kappa shape index (κ2) is 7.31. The average molecular weight is 377 g/mol. The molecule has 0 unspecified atom stereocenters. The number of nitrogens with zero attached hydrogens (tertiary/aromatic N) is 3. The van der Waals surface area contributed by atoms with E-state index in [1.807, 2.05) is 31.2 Å². The van der Waals surface area contributed by atoms with E-state index in [9.17, 15) is 9.18 Å². The lowest BCUT2D eigenvalue weighted by molar-refractivity contribution is 0.0785. The fourth-order valence-electron chi connectivity index (χ4n) is 3.34. The highest BCUT2D eigenvalue weighted by Gasteiger charge is 2.19. The number of para-hydroxylation sites is 2. The molecule has 0 saturated carbocycles. The predicted octanol–water partition coefficient (Wildman–Crippen LogP) is 4.59. The zero-order valence-corrected chi connectivity index (χ0v) is 15.7. The first-order valence-electron chi connectivity index (χ1n) is 9.12. The van der Waals surface area contributed by atoms with Crippen LogP contribution in [0.3, 0.4) is 0 Å². The lowest BCUT2D eigenvalue weighted by Crippen LogP contribution is -2.26.